The average molecular weight is 315 g/mol. The maximum Gasteiger partial charge on any atom is 0.144 e. The molecule has 5 heteroatoms. The van der Waals surface area contributed by atoms with Gasteiger partial charge in [0, 0.05) is 23.9 Å². The van der Waals surface area contributed by atoms with Crippen LogP contribution in [0.5, 0.6) is 0 Å². The molecule has 3 rings (SSSR count). The minimum Gasteiger partial charge on any atom is -0.322 e. The Balaban J connectivity index is 2.25. The van der Waals surface area contributed by atoms with Crippen LogP contribution >= 0.6 is 23.2 Å². The molecule has 1 aromatic carbocycles. The first-order chi connectivity index (χ1) is 9.45. The standard InChI is InChI=1S/C15H17Cl2FN2/c1-15(2,9-3-4-9)20-13-7-10(17)11(18)8-12(13)19-14(20)5-6-16/h7-9H,3-6H2,1-2H3. The van der Waals surface area contributed by atoms with Crippen molar-refractivity contribution in [2.24, 2.45) is 5.92 Å². The molecule has 108 valence electrons. The van der Waals surface area contributed by atoms with Gasteiger partial charge in [-0.3, -0.25) is 0 Å². The molecule has 0 aliphatic heterocycles. The third-order valence-electron chi connectivity index (χ3n) is 4.24. The van der Waals surface area contributed by atoms with Gasteiger partial charge in [-0.15, -0.1) is 11.6 Å². The van der Waals surface area contributed by atoms with Gasteiger partial charge in [-0.1, -0.05) is 11.6 Å². The van der Waals surface area contributed by atoms with Crippen LogP contribution in [0, 0.1) is 11.7 Å². The van der Waals surface area contributed by atoms with E-state index in [2.05, 4.69) is 23.4 Å². The summed E-state index contributed by atoms with van der Waals surface area (Å²) >= 11 is 11.8. The highest BCUT2D eigenvalue weighted by atomic mass is 35.5. The van der Waals surface area contributed by atoms with Crippen molar-refractivity contribution in [2.75, 3.05) is 5.88 Å². The Morgan fingerprint density at radius 3 is 2.70 bits per heavy atom. The maximum atomic E-state index is 13.6. The Hall–Kier alpha value is -0.800. The smallest absolute Gasteiger partial charge is 0.144 e. The van der Waals surface area contributed by atoms with Crippen molar-refractivity contribution >= 4 is 34.2 Å². The van der Waals surface area contributed by atoms with Crippen LogP contribution in [-0.4, -0.2) is 15.4 Å². The normalized spacial score (nSPS) is 16.1. The topological polar surface area (TPSA) is 17.8 Å². The number of imidazole rings is 1. The molecule has 0 N–H and O–H groups in total. The molecule has 1 saturated carbocycles. The number of halogens is 3. The van der Waals surface area contributed by atoms with Gasteiger partial charge in [0.05, 0.1) is 16.1 Å². The first-order valence-corrected chi connectivity index (χ1v) is 7.79. The second-order valence-electron chi connectivity index (χ2n) is 5.99. The van der Waals surface area contributed by atoms with Crippen LogP contribution in [-0.2, 0) is 12.0 Å². The van der Waals surface area contributed by atoms with Gasteiger partial charge in [0.2, 0.25) is 0 Å². The highest BCUT2D eigenvalue weighted by Gasteiger charge is 2.41. The van der Waals surface area contributed by atoms with Crippen molar-refractivity contribution in [2.45, 2.75) is 38.6 Å². The Morgan fingerprint density at radius 1 is 1.40 bits per heavy atom. The number of fused-ring (bicyclic) bond motifs is 1. The fourth-order valence-electron chi connectivity index (χ4n) is 2.99. The molecule has 1 aliphatic carbocycles. The first kappa shape index (κ1) is 14.2. The molecule has 1 heterocycles. The Kier molecular flexibility index (Phi) is 3.46. The van der Waals surface area contributed by atoms with Crippen LogP contribution in [0.4, 0.5) is 4.39 Å². The number of aromatic nitrogens is 2. The summed E-state index contributed by atoms with van der Waals surface area (Å²) in [4.78, 5) is 4.56. The Bertz CT molecular complexity index is 659. The van der Waals surface area contributed by atoms with Gasteiger partial charge in [0.1, 0.15) is 11.6 Å². The van der Waals surface area contributed by atoms with E-state index in [0.717, 1.165) is 11.3 Å². The van der Waals surface area contributed by atoms with E-state index >= 15 is 0 Å². The second-order valence-corrected chi connectivity index (χ2v) is 6.77. The summed E-state index contributed by atoms with van der Waals surface area (Å²) in [6.45, 7) is 4.42. The fraction of sp³-hybridized carbons (Fsp3) is 0.533. The molecule has 0 radical (unpaired) electrons. The van der Waals surface area contributed by atoms with Gasteiger partial charge in [0.15, 0.2) is 0 Å². The van der Waals surface area contributed by atoms with Gasteiger partial charge < -0.3 is 4.57 Å². The third-order valence-corrected chi connectivity index (χ3v) is 4.72. The zero-order valence-corrected chi connectivity index (χ0v) is 13.1. The minimum atomic E-state index is -0.425. The summed E-state index contributed by atoms with van der Waals surface area (Å²) in [6.07, 6.45) is 3.12. The summed E-state index contributed by atoms with van der Waals surface area (Å²) in [5.74, 6) is 1.62. The highest BCUT2D eigenvalue weighted by Crippen LogP contribution is 2.46. The molecule has 0 spiro atoms. The van der Waals surface area contributed by atoms with Gasteiger partial charge in [0.25, 0.3) is 0 Å². The van der Waals surface area contributed by atoms with E-state index < -0.39 is 5.82 Å². The molecule has 0 bridgehead atoms. The molecule has 20 heavy (non-hydrogen) atoms. The largest absolute Gasteiger partial charge is 0.322 e. The lowest BCUT2D eigenvalue weighted by Crippen LogP contribution is -2.30. The van der Waals surface area contributed by atoms with Gasteiger partial charge in [-0.05, 0) is 38.7 Å². The molecular formula is C15H17Cl2FN2. The van der Waals surface area contributed by atoms with Crippen molar-refractivity contribution in [3.63, 3.8) is 0 Å². The summed E-state index contributed by atoms with van der Waals surface area (Å²) in [5.41, 5.74) is 1.51. The number of benzene rings is 1. The lowest BCUT2D eigenvalue weighted by molar-refractivity contribution is 0.305. The SMILES string of the molecule is CC(C)(C1CC1)n1c(CCCl)nc2cc(F)c(Cl)cc21. The first-order valence-electron chi connectivity index (χ1n) is 6.88. The summed E-state index contributed by atoms with van der Waals surface area (Å²) in [5, 5.41) is 0.141. The van der Waals surface area contributed by atoms with Crippen molar-refractivity contribution in [3.8, 4) is 0 Å². The van der Waals surface area contributed by atoms with Crippen LogP contribution in [0.25, 0.3) is 11.0 Å². The summed E-state index contributed by atoms with van der Waals surface area (Å²) < 4.78 is 15.8. The van der Waals surface area contributed by atoms with E-state index in [1.165, 1.54) is 18.9 Å². The number of aryl methyl sites for hydroxylation is 1. The van der Waals surface area contributed by atoms with Crippen LogP contribution in [0.2, 0.25) is 5.02 Å². The molecule has 0 amide bonds. The van der Waals surface area contributed by atoms with E-state index in [1.807, 2.05) is 0 Å². The van der Waals surface area contributed by atoms with Crippen LogP contribution in [0.15, 0.2) is 12.1 Å². The molecule has 0 unspecified atom stereocenters. The van der Waals surface area contributed by atoms with E-state index in [1.54, 1.807) is 6.07 Å². The lowest BCUT2D eigenvalue weighted by Gasteiger charge is -2.29. The molecular weight excluding hydrogens is 298 g/mol. The number of nitrogens with zero attached hydrogens (tertiary/aromatic N) is 2. The number of rotatable bonds is 4. The lowest BCUT2D eigenvalue weighted by atomic mass is 9.97. The Labute approximate surface area is 127 Å². The zero-order chi connectivity index (χ0) is 14.5. The van der Waals surface area contributed by atoms with Gasteiger partial charge in [-0.25, -0.2) is 9.37 Å². The monoisotopic (exact) mass is 314 g/mol. The van der Waals surface area contributed by atoms with Crippen molar-refractivity contribution in [1.29, 1.82) is 0 Å². The van der Waals surface area contributed by atoms with E-state index in [0.29, 0.717) is 23.7 Å². The highest BCUT2D eigenvalue weighted by molar-refractivity contribution is 6.31. The molecule has 1 fully saturated rings. The fourth-order valence-corrected chi connectivity index (χ4v) is 3.32. The molecule has 2 nitrogen and oxygen atoms in total. The molecule has 0 saturated heterocycles. The Morgan fingerprint density at radius 2 is 2.10 bits per heavy atom. The van der Waals surface area contributed by atoms with Crippen molar-refractivity contribution in [3.05, 3.63) is 28.8 Å². The van der Waals surface area contributed by atoms with Gasteiger partial charge >= 0.3 is 0 Å². The third kappa shape index (κ3) is 2.21. The summed E-state index contributed by atoms with van der Waals surface area (Å²) in [6, 6.07) is 3.09. The summed E-state index contributed by atoms with van der Waals surface area (Å²) in [7, 11) is 0. The van der Waals surface area contributed by atoms with Gasteiger partial charge in [-0.2, -0.15) is 0 Å². The molecule has 2 aromatic rings. The predicted molar refractivity (Wildman–Crippen MR) is 81.2 cm³/mol. The quantitative estimate of drug-likeness (QED) is 0.744. The number of hydrogen-bond acceptors (Lipinski definition) is 1. The van der Waals surface area contributed by atoms with E-state index in [9.17, 15) is 4.39 Å². The zero-order valence-electron chi connectivity index (χ0n) is 11.6. The molecule has 1 aromatic heterocycles. The number of hydrogen-bond donors (Lipinski definition) is 0. The van der Waals surface area contributed by atoms with Crippen molar-refractivity contribution in [1.82, 2.24) is 9.55 Å². The van der Waals surface area contributed by atoms with Crippen LogP contribution in [0.3, 0.4) is 0 Å². The second kappa shape index (κ2) is 4.88. The average Bonchev–Trinajstić information content (AvgIpc) is 3.15. The predicted octanol–water partition coefficient (Wildman–Crippen LogP) is 4.76. The molecule has 0 atom stereocenters. The van der Waals surface area contributed by atoms with Crippen LogP contribution in [0.1, 0.15) is 32.5 Å². The minimum absolute atomic E-state index is 0.0443. The number of alkyl halides is 1. The maximum absolute atomic E-state index is 13.6. The van der Waals surface area contributed by atoms with E-state index in [4.69, 9.17) is 23.2 Å². The van der Waals surface area contributed by atoms with E-state index in [-0.39, 0.29) is 10.6 Å². The molecule has 1 aliphatic rings. The van der Waals surface area contributed by atoms with Crippen molar-refractivity contribution < 1.29 is 4.39 Å². The van der Waals surface area contributed by atoms with Crippen LogP contribution < -0.4 is 0 Å².